The third kappa shape index (κ3) is 11.6. The standard InChI is InChI=1S/C44H55N9O8S/c1-27(2)40(44(57)53-25-32(54)19-36(53)43(56)48-22-29-9-11-30(12-10-29)41-28(3)49-26-62-41)38-21-39(51-61-38)60-18-17-59-16-15-58-14-13-52-24-31(23-50-52)34(42(45)46)20-35(47-4)33-7-5-6-8-37(33)55/h5-12,20-21,23-24,26-27,32,36,40,47,54-55H,13-19,22,25,45-46H2,1-4H3,(H,48,56)/b35-20-/t32-,36+,40-/m1/s1. The predicted molar refractivity (Wildman–Crippen MR) is 234 cm³/mol. The number of nitrogens with zero attached hydrogens (tertiary/aromatic N) is 5. The first-order valence-corrected chi connectivity index (χ1v) is 21.3. The number of hydrogen-bond acceptors (Lipinski definition) is 15. The van der Waals surface area contributed by atoms with Crippen LogP contribution < -0.4 is 26.8 Å². The second-order valence-electron chi connectivity index (χ2n) is 15.1. The smallest absolute Gasteiger partial charge is 0.254 e. The van der Waals surface area contributed by atoms with E-state index in [2.05, 4.69) is 25.9 Å². The molecule has 0 spiro atoms. The average Bonchev–Trinajstić information content (AvgIpc) is 4.09. The zero-order valence-electron chi connectivity index (χ0n) is 35.3. The number of β-amino-alcohol motifs (C(OH)–C–C–N with tert-alkyl or cyclic N) is 1. The number of thiazole rings is 1. The first kappa shape index (κ1) is 45.3. The van der Waals surface area contributed by atoms with Crippen LogP contribution in [0.2, 0.25) is 0 Å². The highest BCUT2D eigenvalue weighted by Crippen LogP contribution is 2.33. The van der Waals surface area contributed by atoms with Gasteiger partial charge in [-0.3, -0.25) is 14.3 Å². The lowest BCUT2D eigenvalue weighted by Crippen LogP contribution is -2.48. The first-order chi connectivity index (χ1) is 29.9. The summed E-state index contributed by atoms with van der Waals surface area (Å²) in [6.07, 6.45) is 4.55. The molecule has 2 aromatic carbocycles. The van der Waals surface area contributed by atoms with Gasteiger partial charge >= 0.3 is 0 Å². The Labute approximate surface area is 364 Å². The Morgan fingerprint density at radius 2 is 1.81 bits per heavy atom. The molecule has 8 N–H and O–H groups in total. The van der Waals surface area contributed by atoms with Gasteiger partial charge in [-0.05, 0) is 47.3 Å². The number of likely N-dealkylation sites (tertiary alicyclic amines) is 1. The monoisotopic (exact) mass is 869 g/mol. The number of aromatic hydroxyl groups is 1. The number of para-hydroxylation sites is 1. The van der Waals surface area contributed by atoms with Gasteiger partial charge in [0.1, 0.15) is 30.1 Å². The summed E-state index contributed by atoms with van der Waals surface area (Å²) < 4.78 is 24.4. The normalized spacial score (nSPS) is 15.8. The number of phenolic OH excluding ortho intramolecular Hbond substituents is 1. The van der Waals surface area contributed by atoms with E-state index in [4.69, 9.17) is 30.2 Å². The molecule has 18 heteroatoms. The summed E-state index contributed by atoms with van der Waals surface area (Å²) in [5, 5.41) is 35.3. The van der Waals surface area contributed by atoms with E-state index in [1.165, 1.54) is 4.90 Å². The molecule has 330 valence electrons. The number of phenols is 1. The lowest BCUT2D eigenvalue weighted by atomic mass is 9.91. The van der Waals surface area contributed by atoms with Crippen LogP contribution in [0.4, 0.5) is 0 Å². The van der Waals surface area contributed by atoms with Crippen molar-refractivity contribution in [1.82, 2.24) is 35.5 Å². The SMILES string of the molecule is CN/C(=C\C(=C(N)N)c1cnn(CCOCCOCCOc2cc([C@H](C(=O)N3C[C@H](O)C[C@H]3C(=O)NCc3ccc(-c4scnc4C)cc3)C(C)C)on2)c1)c1ccccc1O. The van der Waals surface area contributed by atoms with Crippen molar-refractivity contribution < 1.29 is 38.5 Å². The molecule has 3 atom stereocenters. The molecule has 1 aliphatic rings. The van der Waals surface area contributed by atoms with Crippen molar-refractivity contribution >= 4 is 34.4 Å². The van der Waals surface area contributed by atoms with Crippen molar-refractivity contribution in [3.8, 4) is 22.1 Å². The van der Waals surface area contributed by atoms with Crippen LogP contribution >= 0.6 is 11.3 Å². The van der Waals surface area contributed by atoms with Gasteiger partial charge in [0.05, 0.1) is 61.4 Å². The Bertz CT molecular complexity index is 2320. The molecule has 1 aliphatic heterocycles. The number of allylic oxidation sites excluding steroid dienone is 2. The van der Waals surface area contributed by atoms with Crippen LogP contribution in [0.15, 0.2) is 88.9 Å². The van der Waals surface area contributed by atoms with Gasteiger partial charge in [0.2, 0.25) is 11.8 Å². The summed E-state index contributed by atoms with van der Waals surface area (Å²) in [5.74, 6) is -0.874. The first-order valence-electron chi connectivity index (χ1n) is 20.4. The molecule has 2 amide bonds. The zero-order chi connectivity index (χ0) is 44.2. The molecule has 4 heterocycles. The van der Waals surface area contributed by atoms with Crippen LogP contribution in [0, 0.1) is 12.8 Å². The van der Waals surface area contributed by atoms with Crippen molar-refractivity contribution in [1.29, 1.82) is 0 Å². The number of nitrogens with two attached hydrogens (primary N) is 2. The molecule has 5 aromatic rings. The van der Waals surface area contributed by atoms with Crippen LogP contribution in [0.5, 0.6) is 11.6 Å². The third-order valence-corrected chi connectivity index (χ3v) is 11.3. The highest BCUT2D eigenvalue weighted by Gasteiger charge is 2.43. The summed E-state index contributed by atoms with van der Waals surface area (Å²) in [7, 11) is 1.75. The van der Waals surface area contributed by atoms with Crippen molar-refractivity contribution in [2.75, 3.05) is 46.6 Å². The molecule has 0 radical (unpaired) electrons. The second kappa shape index (κ2) is 21.5. The molecule has 17 nitrogen and oxygen atoms in total. The van der Waals surface area contributed by atoms with Crippen LogP contribution in [0.1, 0.15) is 54.3 Å². The average molecular weight is 870 g/mol. The van der Waals surface area contributed by atoms with Crippen molar-refractivity contribution in [2.24, 2.45) is 17.4 Å². The quantitative estimate of drug-likeness (QED) is 0.0452. The Kier molecular flexibility index (Phi) is 15.7. The lowest BCUT2D eigenvalue weighted by Gasteiger charge is -2.28. The largest absolute Gasteiger partial charge is 0.507 e. The number of rotatable bonds is 21. The van der Waals surface area contributed by atoms with Crippen molar-refractivity contribution in [3.63, 3.8) is 0 Å². The molecule has 0 bridgehead atoms. The molecular formula is C44H55N9O8S. The number of benzene rings is 2. The summed E-state index contributed by atoms with van der Waals surface area (Å²) >= 11 is 1.58. The fourth-order valence-electron chi connectivity index (χ4n) is 7.14. The van der Waals surface area contributed by atoms with Gasteiger partial charge in [0.25, 0.3) is 5.88 Å². The minimum atomic E-state index is -0.833. The number of aliphatic hydroxyl groups is 1. The van der Waals surface area contributed by atoms with Crippen LogP contribution in [0.25, 0.3) is 21.7 Å². The summed E-state index contributed by atoms with van der Waals surface area (Å²) in [6, 6.07) is 15.6. The second-order valence-corrected chi connectivity index (χ2v) is 16.0. The topological polar surface area (TPSA) is 238 Å². The number of hydrogen-bond donors (Lipinski definition) is 6. The molecule has 0 saturated carbocycles. The minimum absolute atomic E-state index is 0.0349. The molecule has 62 heavy (non-hydrogen) atoms. The van der Waals surface area contributed by atoms with Gasteiger partial charge in [-0.15, -0.1) is 11.3 Å². The molecule has 6 rings (SSSR count). The Hall–Kier alpha value is -6.21. The van der Waals surface area contributed by atoms with Gasteiger partial charge in [0, 0.05) is 61.2 Å². The lowest BCUT2D eigenvalue weighted by molar-refractivity contribution is -0.141. The summed E-state index contributed by atoms with van der Waals surface area (Å²) in [5.41, 5.74) is 19.3. The van der Waals surface area contributed by atoms with E-state index in [0.29, 0.717) is 54.5 Å². The van der Waals surface area contributed by atoms with E-state index in [1.807, 2.05) is 62.8 Å². The minimum Gasteiger partial charge on any atom is -0.507 e. The number of aryl methyl sites for hydroxylation is 1. The van der Waals surface area contributed by atoms with E-state index >= 15 is 0 Å². The maximum absolute atomic E-state index is 14.0. The van der Waals surface area contributed by atoms with Crippen molar-refractivity contribution in [2.45, 2.75) is 58.3 Å². The molecule has 1 saturated heterocycles. The van der Waals surface area contributed by atoms with Gasteiger partial charge < -0.3 is 55.9 Å². The fourth-order valence-corrected chi connectivity index (χ4v) is 7.95. The van der Waals surface area contributed by atoms with Crippen LogP contribution in [-0.4, -0.2) is 106 Å². The van der Waals surface area contributed by atoms with Gasteiger partial charge in [0.15, 0.2) is 5.76 Å². The number of nitrogens with one attached hydrogen (secondary N) is 2. The summed E-state index contributed by atoms with van der Waals surface area (Å²) in [4.78, 5) is 34.3. The maximum Gasteiger partial charge on any atom is 0.254 e. The van der Waals surface area contributed by atoms with Gasteiger partial charge in [-0.1, -0.05) is 50.2 Å². The Morgan fingerprint density at radius 3 is 2.50 bits per heavy atom. The van der Waals surface area contributed by atoms with E-state index in [1.54, 1.807) is 59.6 Å². The molecule has 3 aromatic heterocycles. The number of ether oxygens (including phenoxy) is 3. The number of aromatic nitrogens is 4. The number of amides is 2. The summed E-state index contributed by atoms with van der Waals surface area (Å²) in [6.45, 7) is 8.05. The van der Waals surface area contributed by atoms with E-state index < -0.39 is 18.1 Å². The van der Waals surface area contributed by atoms with Gasteiger partial charge in [-0.2, -0.15) is 5.10 Å². The third-order valence-electron chi connectivity index (χ3n) is 10.4. The Balaban J connectivity index is 0.910. The molecule has 0 unspecified atom stereocenters. The highest BCUT2D eigenvalue weighted by molar-refractivity contribution is 7.13. The van der Waals surface area contributed by atoms with E-state index in [-0.39, 0.29) is 67.9 Å². The fraction of sp³-hybridized carbons (Fsp3) is 0.386. The zero-order valence-corrected chi connectivity index (χ0v) is 36.1. The maximum atomic E-state index is 14.0. The van der Waals surface area contributed by atoms with E-state index in [0.717, 1.165) is 21.7 Å². The van der Waals surface area contributed by atoms with Crippen LogP contribution in [-0.2, 0) is 32.2 Å². The number of carbonyl (C=O) groups is 2. The number of aliphatic hydroxyl groups excluding tert-OH is 1. The Morgan fingerprint density at radius 1 is 1.06 bits per heavy atom. The van der Waals surface area contributed by atoms with E-state index in [9.17, 15) is 19.8 Å². The highest BCUT2D eigenvalue weighted by atomic mass is 32.1. The molecule has 1 fully saturated rings. The number of carbonyl (C=O) groups excluding carboxylic acids is 2. The molecule has 0 aliphatic carbocycles. The predicted octanol–water partition coefficient (Wildman–Crippen LogP) is 3.99. The van der Waals surface area contributed by atoms with Crippen molar-refractivity contribution in [3.05, 3.63) is 113 Å². The van der Waals surface area contributed by atoms with Gasteiger partial charge in [-0.25, -0.2) is 4.98 Å². The van der Waals surface area contributed by atoms with Crippen LogP contribution in [0.3, 0.4) is 0 Å². The molecular weight excluding hydrogens is 815 g/mol.